The lowest BCUT2D eigenvalue weighted by molar-refractivity contribution is 0.721. The van der Waals surface area contributed by atoms with E-state index >= 15 is 0 Å². The zero-order valence-corrected chi connectivity index (χ0v) is 12.5. The summed E-state index contributed by atoms with van der Waals surface area (Å²) in [6.07, 6.45) is 6.94. The predicted octanol–water partition coefficient (Wildman–Crippen LogP) is 0.845. The minimum absolute atomic E-state index is 0.701. The minimum atomic E-state index is 0.701. The molecule has 4 heterocycles. The van der Waals surface area contributed by atoms with Crippen LogP contribution in [0, 0.1) is 0 Å². The molecule has 4 rings (SSSR count). The molecule has 3 aromatic rings. The third-order valence-electron chi connectivity index (χ3n) is 3.74. The van der Waals surface area contributed by atoms with Crippen molar-refractivity contribution in [1.29, 1.82) is 0 Å². The summed E-state index contributed by atoms with van der Waals surface area (Å²) < 4.78 is 1.93. The van der Waals surface area contributed by atoms with Crippen LogP contribution in [-0.2, 0) is 19.6 Å². The Morgan fingerprint density at radius 1 is 1.17 bits per heavy atom. The van der Waals surface area contributed by atoms with Crippen molar-refractivity contribution in [2.75, 3.05) is 11.9 Å². The maximum Gasteiger partial charge on any atom is 0.163 e. The highest BCUT2D eigenvalue weighted by Crippen LogP contribution is 2.25. The van der Waals surface area contributed by atoms with Gasteiger partial charge < -0.3 is 15.2 Å². The van der Waals surface area contributed by atoms with Crippen molar-refractivity contribution >= 4 is 5.82 Å². The third-order valence-corrected chi connectivity index (χ3v) is 3.74. The summed E-state index contributed by atoms with van der Waals surface area (Å²) in [5.74, 6) is 1.58. The fourth-order valence-corrected chi connectivity index (χ4v) is 2.58. The zero-order chi connectivity index (χ0) is 15.5. The lowest BCUT2D eigenvalue weighted by Gasteiger charge is -2.12. The van der Waals surface area contributed by atoms with Crippen LogP contribution in [0.15, 0.2) is 37.2 Å². The number of pyridine rings is 1. The molecule has 3 aromatic heterocycles. The maximum atomic E-state index is 4.69. The van der Waals surface area contributed by atoms with Gasteiger partial charge in [-0.1, -0.05) is 0 Å². The number of hydrogen-bond acceptors (Lipinski definition) is 7. The molecular weight excluding hydrogens is 292 g/mol. The first-order chi connectivity index (χ1) is 11.4. The van der Waals surface area contributed by atoms with Gasteiger partial charge in [-0.25, -0.2) is 9.97 Å². The molecule has 1 aliphatic rings. The van der Waals surface area contributed by atoms with E-state index in [-0.39, 0.29) is 0 Å². The first-order valence-corrected chi connectivity index (χ1v) is 7.47. The largest absolute Gasteiger partial charge is 0.368 e. The molecule has 0 spiro atoms. The van der Waals surface area contributed by atoms with E-state index in [1.807, 2.05) is 16.7 Å². The Hall–Kier alpha value is -2.87. The number of nitrogens with zero attached hydrogens (tertiary/aromatic N) is 6. The zero-order valence-electron chi connectivity index (χ0n) is 12.5. The van der Waals surface area contributed by atoms with Gasteiger partial charge in [0.1, 0.15) is 18.5 Å². The van der Waals surface area contributed by atoms with Gasteiger partial charge in [0.05, 0.1) is 5.69 Å². The number of anilines is 1. The standard InChI is InChI=1S/C15H16N8/c1-2-11(6-16-3-1)14-21-13-8-17-7-12(13)15(22-14)18-4-5-23-9-19-20-10-23/h1-3,6,9-10,17H,4-5,7-8H2,(H,18,21,22). The lowest BCUT2D eigenvalue weighted by atomic mass is 10.2. The van der Waals surface area contributed by atoms with Crippen LogP contribution >= 0.6 is 0 Å². The highest BCUT2D eigenvalue weighted by Gasteiger charge is 2.19. The van der Waals surface area contributed by atoms with Gasteiger partial charge in [0.2, 0.25) is 0 Å². The predicted molar refractivity (Wildman–Crippen MR) is 84.3 cm³/mol. The summed E-state index contributed by atoms with van der Waals surface area (Å²) in [6, 6.07) is 3.86. The van der Waals surface area contributed by atoms with Crippen LogP contribution in [0.5, 0.6) is 0 Å². The Labute approximate surface area is 133 Å². The monoisotopic (exact) mass is 308 g/mol. The first-order valence-electron chi connectivity index (χ1n) is 7.47. The van der Waals surface area contributed by atoms with Crippen LogP contribution in [-0.4, -0.2) is 36.3 Å². The topological polar surface area (TPSA) is 93.4 Å². The fourth-order valence-electron chi connectivity index (χ4n) is 2.58. The second kappa shape index (κ2) is 6.09. The summed E-state index contributed by atoms with van der Waals surface area (Å²) in [5.41, 5.74) is 3.11. The van der Waals surface area contributed by atoms with E-state index in [1.165, 1.54) is 0 Å². The molecule has 0 radical (unpaired) electrons. The van der Waals surface area contributed by atoms with Crippen LogP contribution in [0.3, 0.4) is 0 Å². The van der Waals surface area contributed by atoms with Crippen molar-refractivity contribution in [3.63, 3.8) is 0 Å². The van der Waals surface area contributed by atoms with Crippen LogP contribution in [0.2, 0.25) is 0 Å². The second-order valence-corrected chi connectivity index (χ2v) is 5.29. The van der Waals surface area contributed by atoms with Crippen molar-refractivity contribution in [3.8, 4) is 11.4 Å². The molecule has 0 aromatic carbocycles. The molecule has 8 heteroatoms. The molecule has 0 saturated heterocycles. The maximum absolute atomic E-state index is 4.69. The fraction of sp³-hybridized carbons (Fsp3) is 0.267. The van der Waals surface area contributed by atoms with Crippen molar-refractivity contribution in [2.24, 2.45) is 0 Å². The summed E-state index contributed by atoms with van der Waals surface area (Å²) in [4.78, 5) is 13.5. The number of rotatable bonds is 5. The smallest absolute Gasteiger partial charge is 0.163 e. The summed E-state index contributed by atoms with van der Waals surface area (Å²) in [6.45, 7) is 3.08. The highest BCUT2D eigenvalue weighted by atomic mass is 15.2. The molecule has 1 aliphatic heterocycles. The molecule has 0 saturated carbocycles. The Bertz CT molecular complexity index is 785. The number of aromatic nitrogens is 6. The van der Waals surface area contributed by atoms with Crippen molar-refractivity contribution in [3.05, 3.63) is 48.4 Å². The van der Waals surface area contributed by atoms with Gasteiger partial charge in [-0.15, -0.1) is 10.2 Å². The molecule has 0 aliphatic carbocycles. The molecule has 0 fully saturated rings. The van der Waals surface area contributed by atoms with Gasteiger partial charge in [-0.05, 0) is 12.1 Å². The highest BCUT2D eigenvalue weighted by molar-refractivity contribution is 5.59. The Balaban J connectivity index is 1.59. The molecule has 2 N–H and O–H groups in total. The molecule has 0 atom stereocenters. The minimum Gasteiger partial charge on any atom is -0.368 e. The van der Waals surface area contributed by atoms with Crippen LogP contribution in [0.25, 0.3) is 11.4 Å². The molecule has 0 unspecified atom stereocenters. The third kappa shape index (κ3) is 2.88. The van der Waals surface area contributed by atoms with E-state index in [0.717, 1.165) is 48.8 Å². The van der Waals surface area contributed by atoms with Crippen molar-refractivity contribution in [2.45, 2.75) is 19.6 Å². The molecule has 0 bridgehead atoms. The number of fused-ring (bicyclic) bond motifs is 1. The normalized spacial score (nSPS) is 13.0. The van der Waals surface area contributed by atoms with Crippen LogP contribution in [0.4, 0.5) is 5.82 Å². The van der Waals surface area contributed by atoms with Gasteiger partial charge in [0.25, 0.3) is 0 Å². The van der Waals surface area contributed by atoms with Crippen LogP contribution in [0.1, 0.15) is 11.3 Å². The average molecular weight is 308 g/mol. The molecular formula is C15H16N8. The van der Waals surface area contributed by atoms with Crippen molar-refractivity contribution < 1.29 is 0 Å². The quantitative estimate of drug-likeness (QED) is 0.721. The Morgan fingerprint density at radius 3 is 2.91 bits per heavy atom. The second-order valence-electron chi connectivity index (χ2n) is 5.29. The molecule has 23 heavy (non-hydrogen) atoms. The van der Waals surface area contributed by atoms with Gasteiger partial charge in [-0.3, -0.25) is 4.98 Å². The number of hydrogen-bond donors (Lipinski definition) is 2. The van der Waals surface area contributed by atoms with E-state index in [1.54, 1.807) is 25.0 Å². The molecule has 116 valence electrons. The van der Waals surface area contributed by atoms with Crippen LogP contribution < -0.4 is 10.6 Å². The molecule has 0 amide bonds. The van der Waals surface area contributed by atoms with E-state index in [4.69, 9.17) is 4.98 Å². The summed E-state index contributed by atoms with van der Waals surface area (Å²) >= 11 is 0. The van der Waals surface area contributed by atoms with E-state index in [9.17, 15) is 0 Å². The van der Waals surface area contributed by atoms with Gasteiger partial charge in [0.15, 0.2) is 5.82 Å². The van der Waals surface area contributed by atoms with E-state index < -0.39 is 0 Å². The SMILES string of the molecule is c1cncc(-c2nc3c(c(NCCn4cnnc4)n2)CNC3)c1. The van der Waals surface area contributed by atoms with Gasteiger partial charge >= 0.3 is 0 Å². The lowest BCUT2D eigenvalue weighted by Crippen LogP contribution is -2.13. The van der Waals surface area contributed by atoms with Gasteiger partial charge in [0, 0.05) is 49.7 Å². The van der Waals surface area contributed by atoms with Crippen molar-refractivity contribution in [1.82, 2.24) is 35.0 Å². The number of nitrogens with one attached hydrogen (secondary N) is 2. The average Bonchev–Trinajstić information content (AvgIpc) is 3.26. The van der Waals surface area contributed by atoms with Gasteiger partial charge in [-0.2, -0.15) is 0 Å². The Morgan fingerprint density at radius 2 is 2.09 bits per heavy atom. The summed E-state index contributed by atoms with van der Waals surface area (Å²) in [5, 5.41) is 14.3. The summed E-state index contributed by atoms with van der Waals surface area (Å²) in [7, 11) is 0. The van der Waals surface area contributed by atoms with E-state index in [0.29, 0.717) is 5.82 Å². The first kappa shape index (κ1) is 13.8. The molecule has 8 nitrogen and oxygen atoms in total. The van der Waals surface area contributed by atoms with E-state index in [2.05, 4.69) is 30.8 Å². The Kier molecular flexibility index (Phi) is 3.65.